The van der Waals surface area contributed by atoms with Crippen LogP contribution in [-0.2, 0) is 10.8 Å². The van der Waals surface area contributed by atoms with Crippen LogP contribution in [0.4, 0.5) is 17.1 Å². The van der Waals surface area contributed by atoms with Gasteiger partial charge in [0.05, 0.1) is 22.1 Å². The molecule has 2 aliphatic carbocycles. The minimum atomic E-state index is -0.125. The van der Waals surface area contributed by atoms with E-state index < -0.39 is 0 Å². The zero-order valence-electron chi connectivity index (χ0n) is 47.1. The summed E-state index contributed by atoms with van der Waals surface area (Å²) in [4.78, 5) is 2.47. The first-order valence-corrected chi connectivity index (χ1v) is 29.2. The first kappa shape index (κ1) is 51.4. The number of aromatic nitrogens is 2. The van der Waals surface area contributed by atoms with Crippen molar-refractivity contribution in [2.75, 3.05) is 11.2 Å². The van der Waals surface area contributed by atoms with Crippen LogP contribution in [0.3, 0.4) is 0 Å². The summed E-state index contributed by atoms with van der Waals surface area (Å²) in [7, 11) is 0. The summed E-state index contributed by atoms with van der Waals surface area (Å²) >= 11 is 3.53. The number of allylic oxidation sites excluding steroid dienone is 2. The Hall–Kier alpha value is -9.09. The second-order valence-corrected chi connectivity index (χ2v) is 22.4. The van der Waals surface area contributed by atoms with Crippen LogP contribution in [-0.4, -0.2) is 15.4 Å². The lowest BCUT2D eigenvalue weighted by atomic mass is 9.82. The van der Waals surface area contributed by atoms with E-state index in [1.165, 1.54) is 116 Å². The molecule has 11 aromatic carbocycles. The molecule has 2 aliphatic rings. The molecule has 2 heterocycles. The largest absolute Gasteiger partial charge is 0.310 e. The number of benzene rings is 11. The fourth-order valence-corrected chi connectivity index (χ4v) is 13.2. The molecule has 0 saturated heterocycles. The van der Waals surface area contributed by atoms with E-state index in [4.69, 9.17) is 0 Å². The maximum Gasteiger partial charge on any atom is 0.0541 e. The molecule has 3 nitrogen and oxygen atoms in total. The number of anilines is 3. The molecule has 394 valence electrons. The molecule has 0 fully saturated rings. The highest BCUT2D eigenvalue weighted by atomic mass is 32.1. The third kappa shape index (κ3) is 8.43. The number of thiol groups is 1. The van der Waals surface area contributed by atoms with Gasteiger partial charge in [0, 0.05) is 60.8 Å². The molecule has 15 rings (SSSR count). The van der Waals surface area contributed by atoms with Gasteiger partial charge in [0.25, 0.3) is 0 Å². The van der Waals surface area contributed by atoms with E-state index >= 15 is 0 Å². The molecule has 0 aliphatic heterocycles. The van der Waals surface area contributed by atoms with Gasteiger partial charge in [0.2, 0.25) is 0 Å². The van der Waals surface area contributed by atoms with Crippen molar-refractivity contribution in [1.82, 2.24) is 9.13 Å². The van der Waals surface area contributed by atoms with Crippen LogP contribution in [0.2, 0.25) is 0 Å². The Morgan fingerprint density at radius 2 is 0.654 bits per heavy atom. The Morgan fingerprint density at radius 1 is 0.309 bits per heavy atom. The van der Waals surface area contributed by atoms with Crippen LogP contribution in [0.1, 0.15) is 63.8 Å². The van der Waals surface area contributed by atoms with E-state index in [1.54, 1.807) is 6.26 Å². The van der Waals surface area contributed by atoms with Gasteiger partial charge in [-0.15, -0.1) is 0 Å². The number of rotatable bonds is 7. The van der Waals surface area contributed by atoms with Crippen LogP contribution in [0.5, 0.6) is 0 Å². The van der Waals surface area contributed by atoms with Gasteiger partial charge < -0.3 is 14.0 Å². The minimum absolute atomic E-state index is 0.125. The standard InChI is InChI=1S/C72H53N3.C4H8.CH4S/c1-71(2)63-24-14-11-21-55(63)57-36-34-53(44-65(57)71)73(54-35-37-58-56-22-12-15-25-64(56)72(3,4)66(58)45-54)52-32-27-46(28-33-52)47-29-38-69-61(41-47)62-43-49(31-40-70(62)75(69)51-19-9-6-10-20-51)48-30-39-68-60(42-48)59-23-13-16-26-67(59)74(68)50-17-7-5-8-18-50;1-3-4-2;1-2/h5-45H,1-4H3;3-4H,1-2H3;2H,1H3/b;4-3-;. The Morgan fingerprint density at radius 3 is 1.11 bits per heavy atom. The van der Waals surface area contributed by atoms with E-state index in [2.05, 4.69) is 303 Å². The SMILES string of the molecule is C/C=C\C.CC1(C)c2ccccc2-c2ccc(N(c3ccc(-c4ccc5c(c4)c4cc(-c6ccc7c(c6)c6ccccc6n7-c6ccccc6)ccc4n5-c4ccccc4)cc3)c3ccc4c(c3)C(C)(C)c3ccccc3-4)cc21.CS. The smallest absolute Gasteiger partial charge is 0.0541 e. The quantitative estimate of drug-likeness (QED) is 0.124. The molecule has 0 bridgehead atoms. The van der Waals surface area contributed by atoms with Crippen molar-refractivity contribution in [3.8, 4) is 55.9 Å². The van der Waals surface area contributed by atoms with Crippen molar-refractivity contribution < 1.29 is 0 Å². The van der Waals surface area contributed by atoms with E-state index in [9.17, 15) is 0 Å². The number of nitrogens with zero attached hydrogens (tertiary/aromatic N) is 3. The lowest BCUT2D eigenvalue weighted by molar-refractivity contribution is 0.660. The zero-order valence-corrected chi connectivity index (χ0v) is 48.0. The molecule has 81 heavy (non-hydrogen) atoms. The number of para-hydroxylation sites is 3. The summed E-state index contributed by atoms with van der Waals surface area (Å²) < 4.78 is 4.80. The topological polar surface area (TPSA) is 13.1 Å². The third-order valence-corrected chi connectivity index (χ3v) is 17.2. The Kier molecular flexibility index (Phi) is 13.0. The molecule has 2 aromatic heterocycles. The van der Waals surface area contributed by atoms with E-state index in [-0.39, 0.29) is 10.8 Å². The maximum atomic E-state index is 3.53. The van der Waals surface area contributed by atoms with Gasteiger partial charge in [0.15, 0.2) is 0 Å². The van der Waals surface area contributed by atoms with Crippen LogP contribution < -0.4 is 4.90 Å². The summed E-state index contributed by atoms with van der Waals surface area (Å²) in [5, 5.41) is 4.96. The van der Waals surface area contributed by atoms with Gasteiger partial charge in [0.1, 0.15) is 0 Å². The second kappa shape index (κ2) is 20.5. The average molecular weight is 1060 g/mol. The summed E-state index contributed by atoms with van der Waals surface area (Å²) in [6.07, 6.45) is 5.69. The van der Waals surface area contributed by atoms with Crippen molar-refractivity contribution >= 4 is 73.3 Å². The van der Waals surface area contributed by atoms with Gasteiger partial charge >= 0.3 is 0 Å². The Bertz CT molecular complexity index is 4440. The van der Waals surface area contributed by atoms with Crippen LogP contribution in [0.15, 0.2) is 261 Å². The molecule has 0 unspecified atom stereocenters. The summed E-state index contributed by atoms with van der Waals surface area (Å²) in [6.45, 7) is 13.5. The van der Waals surface area contributed by atoms with Crippen molar-refractivity contribution in [3.05, 3.63) is 283 Å². The minimum Gasteiger partial charge on any atom is -0.310 e. The second-order valence-electron chi connectivity index (χ2n) is 22.4. The predicted molar refractivity (Wildman–Crippen MR) is 351 cm³/mol. The Balaban J connectivity index is 0.000000989. The lowest BCUT2D eigenvalue weighted by Crippen LogP contribution is -2.18. The highest BCUT2D eigenvalue weighted by molar-refractivity contribution is 7.79. The van der Waals surface area contributed by atoms with E-state index in [0.29, 0.717) is 0 Å². The van der Waals surface area contributed by atoms with Gasteiger partial charge in [-0.2, -0.15) is 12.6 Å². The number of fused-ring (bicyclic) bond motifs is 12. The average Bonchev–Trinajstić information content (AvgIpc) is 3.89. The van der Waals surface area contributed by atoms with Crippen LogP contribution in [0.25, 0.3) is 99.5 Å². The normalized spacial score (nSPS) is 13.3. The van der Waals surface area contributed by atoms with Crippen LogP contribution in [0, 0.1) is 0 Å². The molecule has 0 N–H and O–H groups in total. The molecule has 0 atom stereocenters. The molecular formula is C77H65N3S. The highest BCUT2D eigenvalue weighted by Crippen LogP contribution is 2.53. The molecule has 0 amide bonds. The first-order valence-electron chi connectivity index (χ1n) is 28.3. The van der Waals surface area contributed by atoms with Crippen molar-refractivity contribution in [3.63, 3.8) is 0 Å². The first-order chi connectivity index (χ1) is 39.6. The molecular weight excluding hydrogens is 999 g/mol. The maximum absolute atomic E-state index is 3.53. The monoisotopic (exact) mass is 1060 g/mol. The number of hydrogen-bond acceptors (Lipinski definition) is 2. The van der Waals surface area contributed by atoms with Gasteiger partial charge in [-0.25, -0.2) is 0 Å². The molecule has 0 spiro atoms. The van der Waals surface area contributed by atoms with E-state index in [1.807, 2.05) is 26.0 Å². The summed E-state index contributed by atoms with van der Waals surface area (Å²) in [5.41, 5.74) is 25.8. The highest BCUT2D eigenvalue weighted by Gasteiger charge is 2.38. The van der Waals surface area contributed by atoms with Gasteiger partial charge in [-0.3, -0.25) is 0 Å². The predicted octanol–water partition coefficient (Wildman–Crippen LogP) is 21.4. The number of hydrogen-bond donors (Lipinski definition) is 1. The molecule has 13 aromatic rings. The van der Waals surface area contributed by atoms with Crippen molar-refractivity contribution in [2.45, 2.75) is 52.4 Å². The fraction of sp³-hybridized carbons (Fsp3) is 0.117. The molecule has 4 heteroatoms. The van der Waals surface area contributed by atoms with Crippen molar-refractivity contribution in [2.24, 2.45) is 0 Å². The van der Waals surface area contributed by atoms with Crippen molar-refractivity contribution in [1.29, 1.82) is 0 Å². The van der Waals surface area contributed by atoms with Gasteiger partial charge in [-0.1, -0.05) is 185 Å². The molecule has 0 radical (unpaired) electrons. The third-order valence-electron chi connectivity index (χ3n) is 17.2. The molecule has 0 saturated carbocycles. The summed E-state index contributed by atoms with van der Waals surface area (Å²) in [5.74, 6) is 0. The fourth-order valence-electron chi connectivity index (χ4n) is 13.2. The van der Waals surface area contributed by atoms with E-state index in [0.717, 1.165) is 22.7 Å². The summed E-state index contributed by atoms with van der Waals surface area (Å²) in [6, 6.07) is 92.6. The van der Waals surface area contributed by atoms with Crippen LogP contribution >= 0.6 is 12.6 Å². The Labute approximate surface area is 482 Å². The lowest BCUT2D eigenvalue weighted by Gasteiger charge is -2.30. The zero-order chi connectivity index (χ0) is 55.6. The van der Waals surface area contributed by atoms with Gasteiger partial charge in [-0.05, 0) is 190 Å².